The summed E-state index contributed by atoms with van der Waals surface area (Å²) in [7, 11) is 0. The van der Waals surface area contributed by atoms with Gasteiger partial charge in [0.25, 0.3) is 0 Å². The zero-order chi connectivity index (χ0) is 14.2. The van der Waals surface area contributed by atoms with Gasteiger partial charge >= 0.3 is 0 Å². The fourth-order valence-corrected chi connectivity index (χ4v) is 2.36. The van der Waals surface area contributed by atoms with Crippen LogP contribution < -0.4 is 5.73 Å². The highest BCUT2D eigenvalue weighted by molar-refractivity contribution is 5.75. The summed E-state index contributed by atoms with van der Waals surface area (Å²) in [4.78, 5) is 0. The molecule has 0 aromatic carbocycles. The molecule has 0 aliphatic carbocycles. The van der Waals surface area contributed by atoms with Crippen molar-refractivity contribution in [3.63, 3.8) is 0 Å². The molecule has 2 N–H and O–H groups in total. The van der Waals surface area contributed by atoms with Crippen molar-refractivity contribution in [3.8, 4) is 11.3 Å². The molecule has 0 fully saturated rings. The van der Waals surface area contributed by atoms with Crippen molar-refractivity contribution in [2.75, 3.05) is 5.73 Å². The molecule has 2 heterocycles. The molecule has 2 aromatic rings. The Morgan fingerprint density at radius 2 is 1.95 bits per heavy atom. The van der Waals surface area contributed by atoms with E-state index in [9.17, 15) is 0 Å². The van der Waals surface area contributed by atoms with Gasteiger partial charge in [-0.1, -0.05) is 6.92 Å². The molecule has 1 unspecified atom stereocenters. The molecule has 19 heavy (non-hydrogen) atoms. The van der Waals surface area contributed by atoms with Crippen LogP contribution in [0.2, 0.25) is 0 Å². The first-order valence-electron chi connectivity index (χ1n) is 6.88. The highest BCUT2D eigenvalue weighted by atomic mass is 15.3. The molecule has 0 spiro atoms. The number of hydrogen-bond donors (Lipinski definition) is 1. The molecule has 0 aliphatic heterocycles. The zero-order valence-electron chi connectivity index (χ0n) is 12.4. The predicted molar refractivity (Wildman–Crippen MR) is 78.0 cm³/mol. The lowest BCUT2D eigenvalue weighted by molar-refractivity contribution is 0.479. The van der Waals surface area contributed by atoms with Gasteiger partial charge in [-0.2, -0.15) is 10.2 Å². The van der Waals surface area contributed by atoms with Crippen molar-refractivity contribution in [2.45, 2.75) is 53.6 Å². The Bertz CT molecular complexity index is 579. The number of aryl methyl sites for hydroxylation is 2. The first-order chi connectivity index (χ1) is 8.99. The second-order valence-corrected chi connectivity index (χ2v) is 5.03. The fraction of sp³-hybridized carbons (Fsp3) is 0.571. The number of nitrogen functional groups attached to an aromatic ring is 1. The average Bonchev–Trinajstić information content (AvgIpc) is 2.89. The molecule has 5 heteroatoms. The maximum atomic E-state index is 6.13. The van der Waals surface area contributed by atoms with E-state index in [0.29, 0.717) is 6.04 Å². The van der Waals surface area contributed by atoms with E-state index in [1.54, 1.807) is 0 Å². The van der Waals surface area contributed by atoms with Gasteiger partial charge in [0.1, 0.15) is 5.69 Å². The first kappa shape index (κ1) is 13.6. The van der Waals surface area contributed by atoms with Crippen LogP contribution in [0.3, 0.4) is 0 Å². The Hall–Kier alpha value is -1.78. The van der Waals surface area contributed by atoms with Crippen LogP contribution in [0, 0.1) is 13.8 Å². The third-order valence-corrected chi connectivity index (χ3v) is 3.72. The van der Waals surface area contributed by atoms with Crippen LogP contribution in [0.15, 0.2) is 6.20 Å². The third-order valence-electron chi connectivity index (χ3n) is 3.72. The van der Waals surface area contributed by atoms with Gasteiger partial charge in [0, 0.05) is 30.0 Å². The van der Waals surface area contributed by atoms with E-state index in [1.165, 1.54) is 0 Å². The van der Waals surface area contributed by atoms with Gasteiger partial charge in [0.2, 0.25) is 0 Å². The average molecular weight is 261 g/mol. The quantitative estimate of drug-likeness (QED) is 0.920. The molecule has 2 aromatic heterocycles. The zero-order valence-corrected chi connectivity index (χ0v) is 12.4. The van der Waals surface area contributed by atoms with E-state index < -0.39 is 0 Å². The minimum absolute atomic E-state index is 0.359. The van der Waals surface area contributed by atoms with Crippen molar-refractivity contribution in [3.05, 3.63) is 17.6 Å². The lowest BCUT2D eigenvalue weighted by Crippen LogP contribution is -2.04. The summed E-state index contributed by atoms with van der Waals surface area (Å²) < 4.78 is 3.94. The molecule has 0 radical (unpaired) electrons. The van der Waals surface area contributed by atoms with Gasteiger partial charge < -0.3 is 5.73 Å². The van der Waals surface area contributed by atoms with E-state index in [-0.39, 0.29) is 0 Å². The van der Waals surface area contributed by atoms with Crippen LogP contribution in [-0.4, -0.2) is 19.6 Å². The van der Waals surface area contributed by atoms with Gasteiger partial charge in [-0.3, -0.25) is 9.36 Å². The van der Waals surface area contributed by atoms with Crippen LogP contribution in [0.4, 0.5) is 5.69 Å². The van der Waals surface area contributed by atoms with Crippen LogP contribution in [0.25, 0.3) is 11.3 Å². The van der Waals surface area contributed by atoms with Gasteiger partial charge in [-0.05, 0) is 34.1 Å². The third kappa shape index (κ3) is 2.25. The highest BCUT2D eigenvalue weighted by Gasteiger charge is 2.19. The van der Waals surface area contributed by atoms with Crippen molar-refractivity contribution < 1.29 is 0 Å². The standard InChI is InChI=1S/C14H23N5/c1-6-9(3)19-8-12(15)14(17-19)13-10(4)16-18(7-2)11(13)5/h8-9H,6-7,15H2,1-5H3. The molecular formula is C14H23N5. The molecule has 0 aliphatic rings. The summed E-state index contributed by atoms with van der Waals surface area (Å²) in [6.45, 7) is 11.3. The largest absolute Gasteiger partial charge is 0.396 e. The topological polar surface area (TPSA) is 61.7 Å². The Labute approximate surface area is 114 Å². The van der Waals surface area contributed by atoms with Crippen molar-refractivity contribution >= 4 is 5.69 Å². The molecule has 0 bridgehead atoms. The minimum Gasteiger partial charge on any atom is -0.396 e. The summed E-state index contributed by atoms with van der Waals surface area (Å²) in [5.41, 5.74) is 10.9. The molecule has 2 rings (SSSR count). The summed E-state index contributed by atoms with van der Waals surface area (Å²) in [6.07, 6.45) is 2.96. The first-order valence-corrected chi connectivity index (χ1v) is 6.88. The van der Waals surface area contributed by atoms with Gasteiger partial charge in [0.05, 0.1) is 11.4 Å². The molecule has 0 amide bonds. The Balaban J connectivity index is 2.53. The molecule has 104 valence electrons. The minimum atomic E-state index is 0.359. The second kappa shape index (κ2) is 5.07. The SMILES string of the molecule is CCC(C)n1cc(N)c(-c2c(C)nn(CC)c2C)n1. The molecule has 1 atom stereocenters. The maximum absolute atomic E-state index is 6.13. The maximum Gasteiger partial charge on any atom is 0.119 e. The van der Waals surface area contributed by atoms with Crippen molar-refractivity contribution in [1.29, 1.82) is 0 Å². The lowest BCUT2D eigenvalue weighted by atomic mass is 10.1. The Morgan fingerprint density at radius 3 is 2.47 bits per heavy atom. The predicted octanol–water partition coefficient (Wildman–Crippen LogP) is 2.94. The smallest absolute Gasteiger partial charge is 0.119 e. The van der Waals surface area contributed by atoms with Gasteiger partial charge in [-0.25, -0.2) is 0 Å². The van der Waals surface area contributed by atoms with E-state index in [2.05, 4.69) is 37.9 Å². The Morgan fingerprint density at radius 1 is 1.26 bits per heavy atom. The summed E-state index contributed by atoms with van der Waals surface area (Å²) >= 11 is 0. The summed E-state index contributed by atoms with van der Waals surface area (Å²) in [5, 5.41) is 9.19. The second-order valence-electron chi connectivity index (χ2n) is 5.03. The lowest BCUT2D eigenvalue weighted by Gasteiger charge is -2.07. The fourth-order valence-electron chi connectivity index (χ4n) is 2.36. The van der Waals surface area contributed by atoms with E-state index >= 15 is 0 Å². The summed E-state index contributed by atoms with van der Waals surface area (Å²) in [5.74, 6) is 0. The molecule has 0 saturated carbocycles. The van der Waals surface area contributed by atoms with E-state index in [0.717, 1.165) is 41.3 Å². The Kier molecular flexibility index (Phi) is 3.64. The van der Waals surface area contributed by atoms with Gasteiger partial charge in [-0.15, -0.1) is 0 Å². The van der Waals surface area contributed by atoms with Gasteiger partial charge in [0.15, 0.2) is 0 Å². The monoisotopic (exact) mass is 261 g/mol. The summed E-state index contributed by atoms with van der Waals surface area (Å²) in [6, 6.07) is 0.359. The number of hydrogen-bond acceptors (Lipinski definition) is 3. The van der Waals surface area contributed by atoms with Crippen molar-refractivity contribution in [1.82, 2.24) is 19.6 Å². The normalized spacial score (nSPS) is 12.9. The van der Waals surface area contributed by atoms with E-state index in [4.69, 9.17) is 5.73 Å². The van der Waals surface area contributed by atoms with Crippen LogP contribution >= 0.6 is 0 Å². The molecular weight excluding hydrogens is 238 g/mol. The van der Waals surface area contributed by atoms with E-state index in [1.807, 2.05) is 22.5 Å². The van der Waals surface area contributed by atoms with Crippen LogP contribution in [0.5, 0.6) is 0 Å². The number of anilines is 1. The van der Waals surface area contributed by atoms with Crippen LogP contribution in [-0.2, 0) is 6.54 Å². The molecule has 0 saturated heterocycles. The van der Waals surface area contributed by atoms with Crippen LogP contribution in [0.1, 0.15) is 44.6 Å². The molecule has 5 nitrogen and oxygen atoms in total. The highest BCUT2D eigenvalue weighted by Crippen LogP contribution is 2.31. The van der Waals surface area contributed by atoms with Crippen molar-refractivity contribution in [2.24, 2.45) is 0 Å². The number of rotatable bonds is 4. The number of nitrogens with zero attached hydrogens (tertiary/aromatic N) is 4. The number of nitrogens with two attached hydrogens (primary N) is 1. The number of aromatic nitrogens is 4.